The Bertz CT molecular complexity index is 856. The fourth-order valence-electron chi connectivity index (χ4n) is 4.40. The molecule has 2 aliphatic heterocycles. The number of benzene rings is 1. The van der Waals surface area contributed by atoms with Gasteiger partial charge in [-0.1, -0.05) is 6.42 Å². The highest BCUT2D eigenvalue weighted by Crippen LogP contribution is 2.27. The Morgan fingerprint density at radius 3 is 3.07 bits per heavy atom. The molecule has 1 aromatic carbocycles. The van der Waals surface area contributed by atoms with Gasteiger partial charge in [0.15, 0.2) is 6.61 Å². The lowest BCUT2D eigenvalue weighted by Gasteiger charge is -2.39. The lowest BCUT2D eigenvalue weighted by atomic mass is 9.87. The summed E-state index contributed by atoms with van der Waals surface area (Å²) in [5.74, 6) is 0.677. The number of amides is 1. The van der Waals surface area contributed by atoms with Crippen LogP contribution in [-0.2, 0) is 17.8 Å². The lowest BCUT2D eigenvalue weighted by Crippen LogP contribution is -2.51. The van der Waals surface area contributed by atoms with E-state index in [0.29, 0.717) is 11.7 Å². The predicted octanol–water partition coefficient (Wildman–Crippen LogP) is 3.70. The summed E-state index contributed by atoms with van der Waals surface area (Å²) in [5.41, 5.74) is 1.93. The van der Waals surface area contributed by atoms with Crippen LogP contribution in [0.25, 0.3) is 0 Å². The van der Waals surface area contributed by atoms with E-state index in [0.717, 1.165) is 68.0 Å². The molecule has 156 valence electrons. The summed E-state index contributed by atoms with van der Waals surface area (Å²) >= 11 is 1.72. The third kappa shape index (κ3) is 5.34. The van der Waals surface area contributed by atoms with Gasteiger partial charge in [-0.3, -0.25) is 9.69 Å². The number of aromatic nitrogens is 1. The molecule has 0 unspecified atom stereocenters. The van der Waals surface area contributed by atoms with Crippen LogP contribution in [0.2, 0.25) is 0 Å². The van der Waals surface area contributed by atoms with Crippen LogP contribution in [0.1, 0.15) is 41.9 Å². The molecule has 3 heterocycles. The number of rotatable bonds is 2. The van der Waals surface area contributed by atoms with E-state index in [1.807, 2.05) is 6.92 Å². The molecule has 5 nitrogen and oxygen atoms in total. The number of ether oxygens (including phenoxy) is 1. The van der Waals surface area contributed by atoms with E-state index in [1.165, 1.54) is 12.1 Å². The molecule has 29 heavy (non-hydrogen) atoms. The van der Waals surface area contributed by atoms with Crippen LogP contribution in [0.5, 0.6) is 5.75 Å². The first-order chi connectivity index (χ1) is 14.1. The van der Waals surface area contributed by atoms with Crippen molar-refractivity contribution in [3.8, 4) is 5.75 Å². The second-order valence-corrected chi connectivity index (χ2v) is 9.07. The third-order valence-electron chi connectivity index (χ3n) is 5.84. The number of nitrogens with one attached hydrogen (secondary N) is 1. The SMILES string of the molecule is Cc1csc(CN2CC[C@@H]3NC(=O)COc4ccc(F)cc4CCCC[C@@H]3C2)n1. The van der Waals surface area contributed by atoms with Crippen molar-refractivity contribution in [2.24, 2.45) is 5.92 Å². The Hall–Kier alpha value is -1.99. The molecule has 4 rings (SSSR count). The monoisotopic (exact) mass is 417 g/mol. The minimum atomic E-state index is -0.260. The summed E-state index contributed by atoms with van der Waals surface area (Å²) in [6.07, 6.45) is 4.82. The highest BCUT2D eigenvalue weighted by Gasteiger charge is 2.30. The first kappa shape index (κ1) is 20.3. The van der Waals surface area contributed by atoms with E-state index >= 15 is 0 Å². The van der Waals surface area contributed by atoms with Crippen molar-refractivity contribution >= 4 is 17.2 Å². The molecular formula is C22H28FN3O2S. The maximum absolute atomic E-state index is 13.6. The van der Waals surface area contributed by atoms with Crippen molar-refractivity contribution in [3.63, 3.8) is 0 Å². The fraction of sp³-hybridized carbons (Fsp3) is 0.545. The molecular weight excluding hydrogens is 389 g/mol. The van der Waals surface area contributed by atoms with Crippen LogP contribution >= 0.6 is 11.3 Å². The van der Waals surface area contributed by atoms with Gasteiger partial charge in [-0.05, 0) is 62.3 Å². The van der Waals surface area contributed by atoms with Crippen LogP contribution in [0, 0.1) is 18.7 Å². The van der Waals surface area contributed by atoms with Crippen LogP contribution in [-0.4, -0.2) is 41.5 Å². The van der Waals surface area contributed by atoms with E-state index in [2.05, 4.69) is 20.6 Å². The van der Waals surface area contributed by atoms with Crippen LogP contribution in [0.3, 0.4) is 0 Å². The van der Waals surface area contributed by atoms with Crippen molar-refractivity contribution < 1.29 is 13.9 Å². The maximum atomic E-state index is 13.6. The number of hydrogen-bond donors (Lipinski definition) is 1. The molecule has 2 aromatic rings. The average Bonchev–Trinajstić information content (AvgIpc) is 3.10. The molecule has 2 aliphatic rings. The minimum absolute atomic E-state index is 0.0239. The van der Waals surface area contributed by atoms with E-state index in [4.69, 9.17) is 4.74 Å². The first-order valence-electron chi connectivity index (χ1n) is 10.4. The molecule has 0 spiro atoms. The number of nitrogens with zero attached hydrogens (tertiary/aromatic N) is 2. The Labute approximate surface area is 175 Å². The minimum Gasteiger partial charge on any atom is -0.483 e. The molecule has 1 aromatic heterocycles. The number of aryl methyl sites for hydroxylation is 2. The molecule has 2 atom stereocenters. The van der Waals surface area contributed by atoms with Crippen molar-refractivity contribution in [1.82, 2.24) is 15.2 Å². The molecule has 1 fully saturated rings. The Balaban J connectivity index is 1.42. The maximum Gasteiger partial charge on any atom is 0.258 e. The summed E-state index contributed by atoms with van der Waals surface area (Å²) in [7, 11) is 0. The van der Waals surface area contributed by atoms with Gasteiger partial charge in [-0.25, -0.2) is 9.37 Å². The molecule has 1 amide bonds. The van der Waals surface area contributed by atoms with Gasteiger partial charge < -0.3 is 10.1 Å². The van der Waals surface area contributed by atoms with Crippen molar-refractivity contribution in [2.45, 2.75) is 51.6 Å². The van der Waals surface area contributed by atoms with Gasteiger partial charge in [0.05, 0.1) is 6.54 Å². The fourth-order valence-corrected chi connectivity index (χ4v) is 5.21. The van der Waals surface area contributed by atoms with E-state index in [1.54, 1.807) is 17.4 Å². The molecule has 1 saturated heterocycles. The lowest BCUT2D eigenvalue weighted by molar-refractivity contribution is -0.124. The number of carbonyl (C=O) groups is 1. The Morgan fingerprint density at radius 1 is 1.34 bits per heavy atom. The molecule has 0 saturated carbocycles. The van der Waals surface area contributed by atoms with Crippen molar-refractivity contribution in [3.05, 3.63) is 45.7 Å². The summed E-state index contributed by atoms with van der Waals surface area (Å²) in [4.78, 5) is 19.5. The van der Waals surface area contributed by atoms with Crippen molar-refractivity contribution in [2.75, 3.05) is 19.7 Å². The summed E-state index contributed by atoms with van der Waals surface area (Å²) < 4.78 is 19.3. The molecule has 0 radical (unpaired) electrons. The van der Waals surface area contributed by atoms with E-state index in [9.17, 15) is 9.18 Å². The quantitative estimate of drug-likeness (QED) is 0.810. The van der Waals surface area contributed by atoms with E-state index < -0.39 is 0 Å². The number of thiazole rings is 1. The molecule has 1 N–H and O–H groups in total. The van der Waals surface area contributed by atoms with Gasteiger partial charge in [0.1, 0.15) is 16.6 Å². The predicted molar refractivity (Wildman–Crippen MR) is 112 cm³/mol. The van der Waals surface area contributed by atoms with Crippen molar-refractivity contribution in [1.29, 1.82) is 0 Å². The first-order valence-corrected chi connectivity index (χ1v) is 11.3. The molecule has 0 bridgehead atoms. The number of likely N-dealkylation sites (tertiary alicyclic amines) is 1. The Morgan fingerprint density at radius 2 is 2.24 bits per heavy atom. The van der Waals surface area contributed by atoms with Gasteiger partial charge >= 0.3 is 0 Å². The highest BCUT2D eigenvalue weighted by molar-refractivity contribution is 7.09. The van der Waals surface area contributed by atoms with Gasteiger partial charge in [-0.2, -0.15) is 0 Å². The summed E-state index contributed by atoms with van der Waals surface area (Å²) in [6, 6.07) is 4.73. The number of carbonyl (C=O) groups excluding carboxylic acids is 1. The zero-order valence-corrected chi connectivity index (χ0v) is 17.6. The smallest absolute Gasteiger partial charge is 0.258 e. The number of fused-ring (bicyclic) bond motifs is 2. The van der Waals surface area contributed by atoms with Crippen LogP contribution < -0.4 is 10.1 Å². The standard InChI is InChI=1S/C22H28FN3O2S/c1-15-14-29-22(24-15)12-26-9-8-19-17(11-26)5-3-2-4-16-10-18(23)6-7-20(16)28-13-21(27)25-19/h6-7,10,14,17,19H,2-5,8-9,11-13H2,1H3,(H,25,27)/t17-,19+/m1/s1. The van der Waals surface area contributed by atoms with Gasteiger partial charge in [0.2, 0.25) is 0 Å². The van der Waals surface area contributed by atoms with Gasteiger partial charge in [0.25, 0.3) is 5.91 Å². The zero-order valence-electron chi connectivity index (χ0n) is 16.8. The van der Waals surface area contributed by atoms with E-state index in [-0.39, 0.29) is 24.4 Å². The van der Waals surface area contributed by atoms with Crippen LogP contribution in [0.4, 0.5) is 4.39 Å². The van der Waals surface area contributed by atoms with Crippen LogP contribution in [0.15, 0.2) is 23.6 Å². The third-order valence-corrected chi connectivity index (χ3v) is 6.79. The number of halogens is 1. The molecule has 0 aliphatic carbocycles. The number of hydrogen-bond acceptors (Lipinski definition) is 5. The topological polar surface area (TPSA) is 54.5 Å². The highest BCUT2D eigenvalue weighted by atomic mass is 32.1. The van der Waals surface area contributed by atoms with Gasteiger partial charge in [-0.15, -0.1) is 11.3 Å². The molecule has 7 heteroatoms. The normalized spacial score (nSPS) is 23.7. The average molecular weight is 418 g/mol. The number of piperidine rings is 1. The second-order valence-electron chi connectivity index (χ2n) is 8.13. The zero-order chi connectivity index (χ0) is 20.2. The largest absolute Gasteiger partial charge is 0.483 e. The summed E-state index contributed by atoms with van der Waals surface area (Å²) in [5, 5.41) is 6.44. The second kappa shape index (κ2) is 9.22. The van der Waals surface area contributed by atoms with Gasteiger partial charge in [0, 0.05) is 30.2 Å². The Kier molecular flexibility index (Phi) is 6.45. The summed E-state index contributed by atoms with van der Waals surface area (Å²) in [6.45, 7) is 4.81.